The maximum Gasteiger partial charge on any atom is 0.328 e. The van der Waals surface area contributed by atoms with Gasteiger partial charge in [0, 0.05) is 6.42 Å². The lowest BCUT2D eigenvalue weighted by atomic mass is 10.2. The number of hydrogen-bond donors (Lipinski definition) is 3. The first kappa shape index (κ1) is 14.8. The molecule has 0 spiro atoms. The Balaban J connectivity index is 2.05. The zero-order chi connectivity index (χ0) is 16.4. The number of nitrogen functional groups attached to an aromatic ring is 1. The Morgan fingerprint density at radius 2 is 2.00 bits per heavy atom. The molecule has 0 aliphatic rings. The first-order valence-corrected chi connectivity index (χ1v) is 7.05. The summed E-state index contributed by atoms with van der Waals surface area (Å²) in [5.74, 6) is -0.500. The molecule has 2 aromatic heterocycles. The second-order valence-corrected chi connectivity index (χ2v) is 5.12. The quantitative estimate of drug-likeness (QED) is 0.638. The summed E-state index contributed by atoms with van der Waals surface area (Å²) >= 11 is 0. The van der Waals surface area contributed by atoms with Gasteiger partial charge in [-0.05, 0) is 5.56 Å². The number of anilines is 1. The number of carboxylic acids is 1. The molecule has 0 saturated heterocycles. The Kier molecular flexibility index (Phi) is 3.80. The third-order valence-electron chi connectivity index (χ3n) is 3.44. The summed E-state index contributed by atoms with van der Waals surface area (Å²) in [6.45, 7) is 0.342. The highest BCUT2D eigenvalue weighted by Gasteiger charge is 2.14. The second-order valence-electron chi connectivity index (χ2n) is 5.12. The van der Waals surface area contributed by atoms with Crippen LogP contribution in [-0.4, -0.2) is 30.6 Å². The number of rotatable bonds is 5. The minimum Gasteiger partial charge on any atom is -0.481 e. The van der Waals surface area contributed by atoms with Gasteiger partial charge in [-0.1, -0.05) is 30.3 Å². The number of aliphatic carboxylic acids is 1. The van der Waals surface area contributed by atoms with E-state index in [1.54, 1.807) is 0 Å². The molecule has 8 nitrogen and oxygen atoms in total. The van der Waals surface area contributed by atoms with Crippen LogP contribution in [0.2, 0.25) is 0 Å². The molecule has 0 unspecified atom stereocenters. The van der Waals surface area contributed by atoms with Gasteiger partial charge in [0.15, 0.2) is 11.5 Å². The lowest BCUT2D eigenvalue weighted by Gasteiger charge is -2.05. The Labute approximate surface area is 130 Å². The standard InChI is InChI=1S/C15H15N5O3/c16-13-12-14(18-10(17-13)6-7-11(21)22)20(15(23)19-12)8-9-4-2-1-3-5-9/h1-5H,6-8H2,(H,19,23)(H,21,22)(H2,16,17,18). The molecule has 0 amide bonds. The van der Waals surface area contributed by atoms with E-state index in [0.717, 1.165) is 5.56 Å². The van der Waals surface area contributed by atoms with Gasteiger partial charge in [-0.3, -0.25) is 9.36 Å². The molecule has 4 N–H and O–H groups in total. The van der Waals surface area contributed by atoms with Crippen molar-refractivity contribution >= 4 is 23.0 Å². The summed E-state index contributed by atoms with van der Waals surface area (Å²) in [5.41, 5.74) is 7.22. The summed E-state index contributed by atoms with van der Waals surface area (Å²) < 4.78 is 1.47. The van der Waals surface area contributed by atoms with Crippen LogP contribution in [0.3, 0.4) is 0 Å². The van der Waals surface area contributed by atoms with Crippen molar-refractivity contribution in [3.63, 3.8) is 0 Å². The molecular weight excluding hydrogens is 298 g/mol. The van der Waals surface area contributed by atoms with Gasteiger partial charge in [-0.25, -0.2) is 14.8 Å². The van der Waals surface area contributed by atoms with E-state index < -0.39 is 5.97 Å². The molecule has 0 atom stereocenters. The summed E-state index contributed by atoms with van der Waals surface area (Å²) in [6.07, 6.45) is 0.0540. The highest BCUT2D eigenvalue weighted by atomic mass is 16.4. The molecule has 0 fully saturated rings. The van der Waals surface area contributed by atoms with Crippen molar-refractivity contribution in [1.82, 2.24) is 19.5 Å². The second kappa shape index (κ2) is 5.91. The molecular formula is C15H15N5O3. The summed E-state index contributed by atoms with van der Waals surface area (Å²) in [5, 5.41) is 8.76. The topological polar surface area (TPSA) is 127 Å². The van der Waals surface area contributed by atoms with E-state index in [1.165, 1.54) is 4.57 Å². The van der Waals surface area contributed by atoms with Crippen LogP contribution in [0.5, 0.6) is 0 Å². The molecule has 2 heterocycles. The van der Waals surface area contributed by atoms with Gasteiger partial charge in [-0.2, -0.15) is 0 Å². The number of hydrogen-bond acceptors (Lipinski definition) is 5. The lowest BCUT2D eigenvalue weighted by molar-refractivity contribution is -0.137. The predicted octanol–water partition coefficient (Wildman–Crippen LogP) is 0.767. The van der Waals surface area contributed by atoms with Crippen molar-refractivity contribution in [1.29, 1.82) is 0 Å². The van der Waals surface area contributed by atoms with E-state index in [2.05, 4.69) is 15.0 Å². The number of fused-ring (bicyclic) bond motifs is 1. The van der Waals surface area contributed by atoms with Crippen LogP contribution in [0.25, 0.3) is 11.2 Å². The van der Waals surface area contributed by atoms with Gasteiger partial charge in [0.1, 0.15) is 11.3 Å². The van der Waals surface area contributed by atoms with Gasteiger partial charge >= 0.3 is 11.7 Å². The highest BCUT2D eigenvalue weighted by Crippen LogP contribution is 2.16. The molecule has 0 radical (unpaired) electrons. The Hall–Kier alpha value is -3.16. The first-order chi connectivity index (χ1) is 11.0. The van der Waals surface area contributed by atoms with E-state index in [1.807, 2.05) is 30.3 Å². The fourth-order valence-electron chi connectivity index (χ4n) is 2.34. The predicted molar refractivity (Wildman–Crippen MR) is 84.1 cm³/mol. The largest absolute Gasteiger partial charge is 0.481 e. The van der Waals surface area contributed by atoms with Crippen molar-refractivity contribution in [3.8, 4) is 0 Å². The van der Waals surface area contributed by atoms with Gasteiger partial charge in [-0.15, -0.1) is 0 Å². The van der Waals surface area contributed by atoms with Crippen molar-refractivity contribution in [2.45, 2.75) is 19.4 Å². The Bertz CT molecular complexity index is 914. The number of imidazole rings is 1. The number of aromatic nitrogens is 4. The van der Waals surface area contributed by atoms with Crippen molar-refractivity contribution in [2.24, 2.45) is 0 Å². The minimum absolute atomic E-state index is 0.0989. The number of nitrogens with zero attached hydrogens (tertiary/aromatic N) is 3. The van der Waals surface area contributed by atoms with Crippen LogP contribution in [-0.2, 0) is 17.8 Å². The lowest BCUT2D eigenvalue weighted by Crippen LogP contribution is -2.18. The van der Waals surface area contributed by atoms with E-state index in [9.17, 15) is 9.59 Å². The van der Waals surface area contributed by atoms with E-state index in [-0.39, 0.29) is 24.3 Å². The Morgan fingerprint density at radius 3 is 2.70 bits per heavy atom. The van der Waals surface area contributed by atoms with E-state index in [0.29, 0.717) is 23.5 Å². The summed E-state index contributed by atoms with van der Waals surface area (Å²) in [4.78, 5) is 33.9. The normalized spacial score (nSPS) is 11.0. The monoisotopic (exact) mass is 313 g/mol. The molecule has 0 aliphatic heterocycles. The number of carboxylic acid groups (broad SMARTS) is 1. The molecule has 3 rings (SSSR count). The number of aromatic amines is 1. The van der Waals surface area contributed by atoms with Crippen molar-refractivity contribution in [2.75, 3.05) is 5.73 Å². The van der Waals surface area contributed by atoms with E-state index in [4.69, 9.17) is 10.8 Å². The van der Waals surface area contributed by atoms with Crippen LogP contribution >= 0.6 is 0 Å². The fraction of sp³-hybridized carbons (Fsp3) is 0.200. The molecule has 0 aliphatic carbocycles. The summed E-state index contributed by atoms with van der Waals surface area (Å²) in [7, 11) is 0. The number of aryl methyl sites for hydroxylation is 1. The molecule has 23 heavy (non-hydrogen) atoms. The molecule has 0 saturated carbocycles. The molecule has 0 bridgehead atoms. The zero-order valence-corrected chi connectivity index (χ0v) is 12.2. The van der Waals surface area contributed by atoms with Gasteiger partial charge in [0.05, 0.1) is 13.0 Å². The molecule has 3 aromatic rings. The first-order valence-electron chi connectivity index (χ1n) is 7.05. The number of nitrogens with one attached hydrogen (secondary N) is 1. The Morgan fingerprint density at radius 1 is 1.26 bits per heavy atom. The van der Waals surface area contributed by atoms with Gasteiger partial charge < -0.3 is 15.8 Å². The average molecular weight is 313 g/mol. The SMILES string of the molecule is Nc1nc(CCC(=O)O)nc2c1[nH]c(=O)n2Cc1ccccc1. The van der Waals surface area contributed by atoms with Crippen LogP contribution in [0, 0.1) is 0 Å². The number of nitrogens with two attached hydrogens (primary N) is 1. The van der Waals surface area contributed by atoms with Crippen LogP contribution in [0.4, 0.5) is 5.82 Å². The van der Waals surface area contributed by atoms with Crippen LogP contribution < -0.4 is 11.4 Å². The van der Waals surface area contributed by atoms with E-state index >= 15 is 0 Å². The summed E-state index contributed by atoms with van der Waals surface area (Å²) in [6, 6.07) is 9.47. The number of benzene rings is 1. The van der Waals surface area contributed by atoms with Crippen LogP contribution in [0.15, 0.2) is 35.1 Å². The van der Waals surface area contributed by atoms with Crippen molar-refractivity contribution < 1.29 is 9.90 Å². The third kappa shape index (κ3) is 3.05. The van der Waals surface area contributed by atoms with Crippen molar-refractivity contribution in [3.05, 3.63) is 52.2 Å². The highest BCUT2D eigenvalue weighted by molar-refractivity contribution is 5.81. The average Bonchev–Trinajstić information content (AvgIpc) is 2.83. The van der Waals surface area contributed by atoms with Gasteiger partial charge in [0.2, 0.25) is 0 Å². The maximum absolute atomic E-state index is 12.2. The third-order valence-corrected chi connectivity index (χ3v) is 3.44. The minimum atomic E-state index is -0.942. The number of carbonyl (C=O) groups is 1. The molecule has 118 valence electrons. The number of H-pyrrole nitrogens is 1. The zero-order valence-electron chi connectivity index (χ0n) is 12.2. The smallest absolute Gasteiger partial charge is 0.328 e. The molecule has 8 heteroatoms. The fourth-order valence-corrected chi connectivity index (χ4v) is 2.34. The molecule has 1 aromatic carbocycles. The van der Waals surface area contributed by atoms with Crippen LogP contribution in [0.1, 0.15) is 17.8 Å². The van der Waals surface area contributed by atoms with Gasteiger partial charge in [0.25, 0.3) is 0 Å². The maximum atomic E-state index is 12.2.